The minimum Gasteiger partial charge on any atom is -0.337 e. The molecule has 0 aliphatic carbocycles. The molecule has 7 heteroatoms. The summed E-state index contributed by atoms with van der Waals surface area (Å²) < 4.78 is 0. The molecular formula is C15H25N4O3+. The second kappa shape index (κ2) is 9.73. The predicted octanol–water partition coefficient (Wildman–Crippen LogP) is 0.221. The highest BCUT2D eigenvalue weighted by Gasteiger charge is 2.26. The fraction of sp³-hybridized carbons (Fsp3) is 0.533. The SMILES string of the molecule is CCCCNC(=O)NNC(=O)C1=C[NH2+]C=C(CCCC)C1=O. The summed E-state index contributed by atoms with van der Waals surface area (Å²) in [6.07, 6.45) is 7.57. The van der Waals surface area contributed by atoms with Crippen LogP contribution in [0.4, 0.5) is 4.79 Å². The number of rotatable bonds is 7. The minimum atomic E-state index is -0.603. The molecule has 0 saturated carbocycles. The molecule has 22 heavy (non-hydrogen) atoms. The van der Waals surface area contributed by atoms with Crippen molar-refractivity contribution in [2.24, 2.45) is 0 Å². The van der Waals surface area contributed by atoms with Gasteiger partial charge in [-0.1, -0.05) is 26.7 Å². The molecule has 0 fully saturated rings. The average molecular weight is 309 g/mol. The summed E-state index contributed by atoms with van der Waals surface area (Å²) in [6.45, 7) is 4.60. The number of allylic oxidation sites excluding steroid dienone is 1. The molecule has 0 bridgehead atoms. The Kier molecular flexibility index (Phi) is 7.91. The van der Waals surface area contributed by atoms with Crippen LogP contribution in [0.5, 0.6) is 0 Å². The number of nitrogens with two attached hydrogens (primary N) is 1. The number of hydrogen-bond acceptors (Lipinski definition) is 3. The molecule has 0 aromatic carbocycles. The highest BCUT2D eigenvalue weighted by atomic mass is 16.2. The highest BCUT2D eigenvalue weighted by molar-refractivity contribution is 6.25. The Balaban J connectivity index is 2.43. The van der Waals surface area contributed by atoms with Crippen LogP contribution in [-0.4, -0.2) is 24.3 Å². The van der Waals surface area contributed by atoms with Gasteiger partial charge in [-0.15, -0.1) is 0 Å². The van der Waals surface area contributed by atoms with Crippen LogP contribution < -0.4 is 21.5 Å². The van der Waals surface area contributed by atoms with Gasteiger partial charge in [-0.3, -0.25) is 20.3 Å². The van der Waals surface area contributed by atoms with Gasteiger partial charge < -0.3 is 5.32 Å². The molecule has 5 N–H and O–H groups in total. The molecule has 1 rings (SSSR count). The molecule has 3 amide bonds. The molecule has 7 nitrogen and oxygen atoms in total. The van der Waals surface area contributed by atoms with E-state index in [0.717, 1.165) is 25.7 Å². The van der Waals surface area contributed by atoms with Crippen LogP contribution in [0.15, 0.2) is 23.5 Å². The van der Waals surface area contributed by atoms with E-state index in [1.165, 1.54) is 6.20 Å². The second-order valence-corrected chi connectivity index (χ2v) is 5.09. The van der Waals surface area contributed by atoms with E-state index in [-0.39, 0.29) is 11.4 Å². The van der Waals surface area contributed by atoms with E-state index in [1.54, 1.807) is 11.5 Å². The van der Waals surface area contributed by atoms with Crippen LogP contribution in [-0.2, 0) is 9.59 Å². The number of quaternary nitrogens is 1. The summed E-state index contributed by atoms with van der Waals surface area (Å²) >= 11 is 0. The van der Waals surface area contributed by atoms with Crippen molar-refractivity contribution in [2.45, 2.75) is 46.0 Å². The zero-order chi connectivity index (χ0) is 16.4. The lowest BCUT2D eigenvalue weighted by Gasteiger charge is -2.12. The Hall–Kier alpha value is -2.15. The summed E-state index contributed by atoms with van der Waals surface area (Å²) in [5.41, 5.74) is 5.16. The van der Waals surface area contributed by atoms with Crippen molar-refractivity contribution in [3.63, 3.8) is 0 Å². The number of ketones is 1. The van der Waals surface area contributed by atoms with Gasteiger partial charge in [-0.25, -0.2) is 10.2 Å². The molecule has 1 aliphatic heterocycles. The van der Waals surface area contributed by atoms with Gasteiger partial charge in [0, 0.05) is 6.54 Å². The largest absolute Gasteiger partial charge is 0.337 e. The van der Waals surface area contributed by atoms with E-state index >= 15 is 0 Å². The third kappa shape index (κ3) is 5.69. The molecule has 122 valence electrons. The van der Waals surface area contributed by atoms with E-state index in [2.05, 4.69) is 16.2 Å². The van der Waals surface area contributed by atoms with Crippen LogP contribution >= 0.6 is 0 Å². The molecule has 0 spiro atoms. The normalized spacial score (nSPS) is 14.0. The van der Waals surface area contributed by atoms with Gasteiger partial charge in [-0.05, 0) is 19.3 Å². The zero-order valence-electron chi connectivity index (χ0n) is 13.2. The third-order valence-electron chi connectivity index (χ3n) is 3.25. The maximum Gasteiger partial charge on any atom is 0.333 e. The Morgan fingerprint density at radius 1 is 1.09 bits per heavy atom. The number of carbonyl (C=O) groups excluding carboxylic acids is 3. The molecule has 0 radical (unpaired) electrons. The van der Waals surface area contributed by atoms with Crippen molar-refractivity contribution in [1.82, 2.24) is 16.2 Å². The van der Waals surface area contributed by atoms with Crippen LogP contribution in [0.1, 0.15) is 46.0 Å². The number of carbonyl (C=O) groups is 3. The summed E-state index contributed by atoms with van der Waals surface area (Å²) in [7, 11) is 0. The smallest absolute Gasteiger partial charge is 0.333 e. The number of unbranched alkanes of at least 4 members (excludes halogenated alkanes) is 2. The van der Waals surface area contributed by atoms with Gasteiger partial charge in [0.05, 0.1) is 5.57 Å². The molecule has 1 heterocycles. The van der Waals surface area contributed by atoms with Gasteiger partial charge in [-0.2, -0.15) is 0 Å². The lowest BCUT2D eigenvalue weighted by Crippen LogP contribution is -2.73. The molecule has 0 saturated heterocycles. The van der Waals surface area contributed by atoms with Gasteiger partial charge in [0.2, 0.25) is 5.78 Å². The number of amides is 3. The van der Waals surface area contributed by atoms with E-state index in [0.29, 0.717) is 18.5 Å². The summed E-state index contributed by atoms with van der Waals surface area (Å²) in [4.78, 5) is 35.6. The van der Waals surface area contributed by atoms with Crippen LogP contribution in [0.25, 0.3) is 0 Å². The Bertz CT molecular complexity index is 483. The van der Waals surface area contributed by atoms with Crippen LogP contribution in [0.3, 0.4) is 0 Å². The first kappa shape index (κ1) is 17.9. The number of nitrogens with one attached hydrogen (secondary N) is 3. The minimum absolute atomic E-state index is 0.0439. The monoisotopic (exact) mass is 309 g/mol. The van der Waals surface area contributed by atoms with E-state index in [1.807, 2.05) is 13.8 Å². The predicted molar refractivity (Wildman–Crippen MR) is 82.2 cm³/mol. The number of hydrazine groups is 1. The number of Topliss-reactive ketones (excluding diaryl/α,β-unsaturated/α-hetero) is 1. The Morgan fingerprint density at radius 2 is 1.82 bits per heavy atom. The van der Waals surface area contributed by atoms with E-state index < -0.39 is 11.9 Å². The highest BCUT2D eigenvalue weighted by Crippen LogP contribution is 2.13. The van der Waals surface area contributed by atoms with Gasteiger partial charge in [0.15, 0.2) is 0 Å². The molecular weight excluding hydrogens is 284 g/mol. The first-order valence-corrected chi connectivity index (χ1v) is 7.73. The Morgan fingerprint density at radius 3 is 2.50 bits per heavy atom. The van der Waals surface area contributed by atoms with Crippen molar-refractivity contribution in [1.29, 1.82) is 0 Å². The van der Waals surface area contributed by atoms with Crippen molar-refractivity contribution >= 4 is 17.7 Å². The van der Waals surface area contributed by atoms with Crippen molar-refractivity contribution in [3.05, 3.63) is 23.5 Å². The standard InChI is InChI=1S/C15H24N4O3/c1-3-5-7-11-9-16-10-12(13(11)20)14(21)18-19-15(22)17-8-6-4-2/h9-10H,3-8H2,1-2H3,(H,16,20)(H,18,21)(H2,17,19,22)/p+1. The fourth-order valence-electron chi connectivity index (χ4n) is 1.93. The topological polar surface area (TPSA) is 104 Å². The average Bonchev–Trinajstić information content (AvgIpc) is 2.52. The quantitative estimate of drug-likeness (QED) is 0.307. The van der Waals surface area contributed by atoms with Crippen molar-refractivity contribution in [3.8, 4) is 0 Å². The fourth-order valence-corrected chi connectivity index (χ4v) is 1.93. The van der Waals surface area contributed by atoms with Gasteiger partial charge >= 0.3 is 6.03 Å². The summed E-state index contributed by atoms with van der Waals surface area (Å²) in [6, 6.07) is -0.489. The summed E-state index contributed by atoms with van der Waals surface area (Å²) in [5.74, 6) is -0.879. The zero-order valence-corrected chi connectivity index (χ0v) is 13.2. The van der Waals surface area contributed by atoms with Crippen molar-refractivity contribution < 1.29 is 19.7 Å². The second-order valence-electron chi connectivity index (χ2n) is 5.09. The Labute approximate surface area is 130 Å². The van der Waals surface area contributed by atoms with Crippen LogP contribution in [0.2, 0.25) is 0 Å². The van der Waals surface area contributed by atoms with Crippen molar-refractivity contribution in [2.75, 3.05) is 6.54 Å². The third-order valence-corrected chi connectivity index (χ3v) is 3.25. The summed E-state index contributed by atoms with van der Waals surface area (Å²) in [5, 5.41) is 4.28. The lowest BCUT2D eigenvalue weighted by atomic mass is 9.98. The molecule has 0 aromatic rings. The number of urea groups is 1. The van der Waals surface area contributed by atoms with Gasteiger partial charge in [0.1, 0.15) is 18.0 Å². The maximum absolute atomic E-state index is 12.2. The van der Waals surface area contributed by atoms with Gasteiger partial charge in [0.25, 0.3) is 5.91 Å². The lowest BCUT2D eigenvalue weighted by molar-refractivity contribution is -0.516. The first-order valence-electron chi connectivity index (χ1n) is 7.73. The number of hydrogen-bond donors (Lipinski definition) is 4. The van der Waals surface area contributed by atoms with E-state index in [9.17, 15) is 14.4 Å². The molecule has 0 aromatic heterocycles. The van der Waals surface area contributed by atoms with E-state index in [4.69, 9.17) is 0 Å². The molecule has 0 unspecified atom stereocenters. The molecule has 0 atom stereocenters. The maximum atomic E-state index is 12.2. The van der Waals surface area contributed by atoms with Crippen LogP contribution in [0, 0.1) is 0 Å². The first-order chi connectivity index (χ1) is 10.6. The molecule has 1 aliphatic rings.